The van der Waals surface area contributed by atoms with Crippen LogP contribution < -0.4 is 10.9 Å². The second-order valence-corrected chi connectivity index (χ2v) is 9.82. The van der Waals surface area contributed by atoms with E-state index in [1.165, 1.54) is 23.1 Å². The van der Waals surface area contributed by atoms with Crippen molar-refractivity contribution in [3.63, 3.8) is 0 Å². The van der Waals surface area contributed by atoms with Gasteiger partial charge in [-0.1, -0.05) is 37.7 Å². The maximum absolute atomic E-state index is 13.3. The van der Waals surface area contributed by atoms with Gasteiger partial charge in [0.2, 0.25) is 5.91 Å². The molecule has 31 heavy (non-hydrogen) atoms. The number of rotatable bonds is 7. The number of aromatic nitrogens is 3. The van der Waals surface area contributed by atoms with E-state index in [9.17, 15) is 9.59 Å². The van der Waals surface area contributed by atoms with E-state index in [2.05, 4.69) is 24.1 Å². The molecule has 1 amide bonds. The highest BCUT2D eigenvalue weighted by molar-refractivity contribution is 7.99. The van der Waals surface area contributed by atoms with Crippen LogP contribution in [0.1, 0.15) is 25.8 Å². The van der Waals surface area contributed by atoms with Gasteiger partial charge in [0.25, 0.3) is 5.56 Å². The average Bonchev–Trinajstić information content (AvgIpc) is 3.10. The van der Waals surface area contributed by atoms with E-state index in [0.29, 0.717) is 27.8 Å². The van der Waals surface area contributed by atoms with Crippen molar-refractivity contribution in [2.24, 2.45) is 5.92 Å². The zero-order valence-electron chi connectivity index (χ0n) is 17.7. The molecule has 0 spiro atoms. The van der Waals surface area contributed by atoms with Gasteiger partial charge in [0.05, 0.1) is 11.3 Å². The Labute approximate surface area is 188 Å². The smallest absolute Gasteiger partial charge is 0.272 e. The third-order valence-corrected chi connectivity index (χ3v) is 6.95. The van der Waals surface area contributed by atoms with Gasteiger partial charge < -0.3 is 5.32 Å². The fourth-order valence-corrected chi connectivity index (χ4v) is 5.14. The molecule has 160 valence electrons. The third kappa shape index (κ3) is 4.80. The Morgan fingerprint density at radius 1 is 1.26 bits per heavy atom. The SMILES string of the molecule is Cc1cccc(NC(=O)CSc2nc3c(sc4ncccc43)c(=O)n2CCC(C)C)c1. The summed E-state index contributed by atoms with van der Waals surface area (Å²) in [6.45, 7) is 6.81. The number of nitrogens with one attached hydrogen (secondary N) is 1. The predicted octanol–water partition coefficient (Wildman–Crippen LogP) is 5.09. The number of hydrogen-bond acceptors (Lipinski definition) is 6. The monoisotopic (exact) mass is 452 g/mol. The number of carbonyl (C=O) groups excluding carboxylic acids is 1. The minimum atomic E-state index is -0.128. The van der Waals surface area contributed by atoms with Crippen LogP contribution in [0.3, 0.4) is 0 Å². The quantitative estimate of drug-likeness (QED) is 0.312. The van der Waals surface area contributed by atoms with Crippen molar-refractivity contribution in [2.45, 2.75) is 38.9 Å². The largest absolute Gasteiger partial charge is 0.325 e. The number of amides is 1. The van der Waals surface area contributed by atoms with Gasteiger partial charge in [0.15, 0.2) is 5.16 Å². The van der Waals surface area contributed by atoms with Gasteiger partial charge in [-0.3, -0.25) is 14.2 Å². The van der Waals surface area contributed by atoms with E-state index in [1.807, 2.05) is 43.3 Å². The first-order valence-corrected chi connectivity index (χ1v) is 12.0. The Bertz CT molecular complexity index is 1310. The Morgan fingerprint density at radius 2 is 2.10 bits per heavy atom. The van der Waals surface area contributed by atoms with Gasteiger partial charge in [-0.15, -0.1) is 11.3 Å². The highest BCUT2D eigenvalue weighted by Gasteiger charge is 2.18. The van der Waals surface area contributed by atoms with E-state index >= 15 is 0 Å². The standard InChI is InChI=1S/C23H24N4O2S2/c1-14(2)9-11-27-22(29)20-19(17-8-5-10-24-21(17)31-20)26-23(27)30-13-18(28)25-16-7-4-6-15(3)12-16/h4-8,10,12,14H,9,11,13H2,1-3H3,(H,25,28). The molecule has 4 aromatic rings. The Kier molecular flexibility index (Phi) is 6.38. The second-order valence-electron chi connectivity index (χ2n) is 7.88. The van der Waals surface area contributed by atoms with E-state index in [-0.39, 0.29) is 17.2 Å². The number of nitrogens with zero attached hydrogens (tertiary/aromatic N) is 3. The number of anilines is 1. The van der Waals surface area contributed by atoms with Crippen molar-refractivity contribution in [2.75, 3.05) is 11.1 Å². The summed E-state index contributed by atoms with van der Waals surface area (Å²) in [5.74, 6) is 0.500. The van der Waals surface area contributed by atoms with Crippen LogP contribution in [-0.2, 0) is 11.3 Å². The molecule has 0 aliphatic rings. The van der Waals surface area contributed by atoms with E-state index in [1.54, 1.807) is 10.8 Å². The second kappa shape index (κ2) is 9.20. The summed E-state index contributed by atoms with van der Waals surface area (Å²) in [6.07, 6.45) is 2.58. The normalized spacial score (nSPS) is 11.5. The molecule has 0 aliphatic carbocycles. The first-order chi connectivity index (χ1) is 14.9. The van der Waals surface area contributed by atoms with Gasteiger partial charge in [-0.05, 0) is 49.1 Å². The summed E-state index contributed by atoms with van der Waals surface area (Å²) >= 11 is 2.67. The maximum Gasteiger partial charge on any atom is 0.272 e. The van der Waals surface area contributed by atoms with E-state index < -0.39 is 0 Å². The maximum atomic E-state index is 13.3. The van der Waals surface area contributed by atoms with E-state index in [0.717, 1.165) is 27.9 Å². The van der Waals surface area contributed by atoms with Gasteiger partial charge in [-0.25, -0.2) is 9.97 Å². The van der Waals surface area contributed by atoms with Crippen molar-refractivity contribution in [3.8, 4) is 0 Å². The lowest BCUT2D eigenvalue weighted by molar-refractivity contribution is -0.113. The topological polar surface area (TPSA) is 76.9 Å². The molecule has 1 aromatic carbocycles. The summed E-state index contributed by atoms with van der Waals surface area (Å²) in [7, 11) is 0. The molecule has 6 nitrogen and oxygen atoms in total. The van der Waals surface area contributed by atoms with Crippen molar-refractivity contribution in [3.05, 3.63) is 58.5 Å². The molecule has 8 heteroatoms. The number of benzene rings is 1. The van der Waals surface area contributed by atoms with Crippen LogP contribution in [0.15, 0.2) is 52.5 Å². The third-order valence-electron chi connectivity index (χ3n) is 4.88. The molecule has 0 bridgehead atoms. The summed E-state index contributed by atoms with van der Waals surface area (Å²) < 4.78 is 2.33. The van der Waals surface area contributed by atoms with Crippen LogP contribution in [-0.4, -0.2) is 26.2 Å². The summed E-state index contributed by atoms with van der Waals surface area (Å²) in [6, 6.07) is 11.5. The van der Waals surface area contributed by atoms with E-state index in [4.69, 9.17) is 4.98 Å². The van der Waals surface area contributed by atoms with Crippen LogP contribution in [0.4, 0.5) is 5.69 Å². The molecule has 0 radical (unpaired) electrons. The minimum Gasteiger partial charge on any atom is -0.325 e. The van der Waals surface area contributed by atoms with Gasteiger partial charge >= 0.3 is 0 Å². The lowest BCUT2D eigenvalue weighted by Gasteiger charge is -2.13. The molecule has 0 fully saturated rings. The van der Waals surface area contributed by atoms with Gasteiger partial charge in [0, 0.05) is 23.8 Å². The summed E-state index contributed by atoms with van der Waals surface area (Å²) in [4.78, 5) is 35.8. The minimum absolute atomic E-state index is 0.0600. The number of carbonyl (C=O) groups is 1. The van der Waals surface area contributed by atoms with Crippen molar-refractivity contribution in [1.29, 1.82) is 0 Å². The first kappa shape index (κ1) is 21.5. The Balaban J connectivity index is 1.65. The summed E-state index contributed by atoms with van der Waals surface area (Å²) in [5.41, 5.74) is 2.45. The highest BCUT2D eigenvalue weighted by Crippen LogP contribution is 2.30. The van der Waals surface area contributed by atoms with Crippen LogP contribution >= 0.6 is 23.1 Å². The van der Waals surface area contributed by atoms with Crippen LogP contribution in [0.2, 0.25) is 0 Å². The average molecular weight is 453 g/mol. The van der Waals surface area contributed by atoms with Gasteiger partial charge in [0.1, 0.15) is 9.53 Å². The number of fused-ring (bicyclic) bond motifs is 3. The van der Waals surface area contributed by atoms with Crippen LogP contribution in [0, 0.1) is 12.8 Å². The zero-order valence-corrected chi connectivity index (χ0v) is 19.3. The first-order valence-electron chi connectivity index (χ1n) is 10.2. The molecular weight excluding hydrogens is 428 g/mol. The number of hydrogen-bond donors (Lipinski definition) is 1. The molecule has 3 aromatic heterocycles. The lowest BCUT2D eigenvalue weighted by Crippen LogP contribution is -2.24. The van der Waals surface area contributed by atoms with Gasteiger partial charge in [-0.2, -0.15) is 0 Å². The number of thiophene rings is 1. The molecule has 3 heterocycles. The molecule has 4 rings (SSSR count). The van der Waals surface area contributed by atoms with Crippen LogP contribution in [0.5, 0.6) is 0 Å². The zero-order chi connectivity index (χ0) is 22.0. The lowest BCUT2D eigenvalue weighted by atomic mass is 10.1. The molecule has 0 aliphatic heterocycles. The Hall–Kier alpha value is -2.71. The molecule has 0 atom stereocenters. The number of thioether (sulfide) groups is 1. The predicted molar refractivity (Wildman–Crippen MR) is 129 cm³/mol. The molecule has 0 unspecified atom stereocenters. The number of aryl methyl sites for hydroxylation is 1. The molecular formula is C23H24N4O2S2. The Morgan fingerprint density at radius 3 is 2.87 bits per heavy atom. The molecule has 1 N–H and O–H groups in total. The highest BCUT2D eigenvalue weighted by atomic mass is 32.2. The fourth-order valence-electron chi connectivity index (χ4n) is 3.29. The number of pyridine rings is 1. The fraction of sp³-hybridized carbons (Fsp3) is 0.304. The van der Waals surface area contributed by atoms with Crippen molar-refractivity contribution < 1.29 is 4.79 Å². The molecule has 0 saturated carbocycles. The van der Waals surface area contributed by atoms with Crippen LogP contribution in [0.25, 0.3) is 20.4 Å². The van der Waals surface area contributed by atoms with Crippen molar-refractivity contribution in [1.82, 2.24) is 14.5 Å². The summed E-state index contributed by atoms with van der Waals surface area (Å²) in [5, 5.41) is 4.36. The van der Waals surface area contributed by atoms with Crippen molar-refractivity contribution >= 4 is 55.1 Å². The molecule has 0 saturated heterocycles.